The Kier molecular flexibility index (Phi) is 11.1. The van der Waals surface area contributed by atoms with Gasteiger partial charge in [-0.1, -0.05) is 48.5 Å². The van der Waals surface area contributed by atoms with Crippen LogP contribution in [0, 0.1) is 0 Å². The lowest BCUT2D eigenvalue weighted by atomic mass is 9.99. The highest BCUT2D eigenvalue weighted by Gasteiger charge is 2.27. The summed E-state index contributed by atoms with van der Waals surface area (Å²) in [7, 11) is -3.25. The maximum absolute atomic E-state index is 13.1. The molecule has 0 aromatic heterocycles. The molecule has 3 rings (SSSR count). The van der Waals surface area contributed by atoms with Gasteiger partial charge in [0.05, 0.1) is 17.4 Å². The number of likely N-dealkylation sites (tertiary alicyclic amines) is 1. The third-order valence-electron chi connectivity index (χ3n) is 7.21. The van der Waals surface area contributed by atoms with Gasteiger partial charge in [0.15, 0.2) is 9.84 Å². The molecule has 1 atom stereocenters. The third kappa shape index (κ3) is 8.81. The van der Waals surface area contributed by atoms with E-state index in [1.807, 2.05) is 30.0 Å². The fraction of sp³-hybridized carbons (Fsp3) is 0.467. The molecule has 0 saturated carbocycles. The van der Waals surface area contributed by atoms with Crippen molar-refractivity contribution in [3.63, 3.8) is 0 Å². The molecule has 1 unspecified atom stereocenters. The molecule has 7 nitrogen and oxygen atoms in total. The van der Waals surface area contributed by atoms with E-state index in [1.165, 1.54) is 6.26 Å². The first-order chi connectivity index (χ1) is 18.2. The second kappa shape index (κ2) is 14.3. The molecule has 1 saturated heterocycles. The molecule has 1 aliphatic rings. The van der Waals surface area contributed by atoms with Crippen molar-refractivity contribution in [1.82, 2.24) is 15.1 Å². The van der Waals surface area contributed by atoms with Gasteiger partial charge in [0, 0.05) is 44.9 Å². The normalized spacial score (nSPS) is 15.5. The fourth-order valence-corrected chi connectivity index (χ4v) is 5.67. The van der Waals surface area contributed by atoms with Crippen LogP contribution >= 0.6 is 0 Å². The van der Waals surface area contributed by atoms with Gasteiger partial charge in [0.2, 0.25) is 11.8 Å². The summed E-state index contributed by atoms with van der Waals surface area (Å²) in [5.41, 5.74) is 1.93. The Morgan fingerprint density at radius 3 is 2.34 bits per heavy atom. The lowest BCUT2D eigenvalue weighted by Gasteiger charge is -2.38. The Hall–Kier alpha value is -2.97. The van der Waals surface area contributed by atoms with Crippen LogP contribution in [0.4, 0.5) is 0 Å². The minimum absolute atomic E-state index is 0.0333. The summed E-state index contributed by atoms with van der Waals surface area (Å²) < 4.78 is 23.4. The molecule has 0 aliphatic carbocycles. The molecule has 0 radical (unpaired) electrons. The predicted octanol–water partition coefficient (Wildman–Crippen LogP) is 4.16. The van der Waals surface area contributed by atoms with Crippen molar-refractivity contribution in [1.29, 1.82) is 0 Å². The maximum atomic E-state index is 13.1. The number of allylic oxidation sites excluding steroid dienone is 1. The van der Waals surface area contributed by atoms with Crippen LogP contribution in [0.15, 0.2) is 72.1 Å². The maximum Gasteiger partial charge on any atom is 0.227 e. The zero-order valence-electron chi connectivity index (χ0n) is 22.6. The number of hydrogen-bond donors (Lipinski definition) is 1. The summed E-state index contributed by atoms with van der Waals surface area (Å²) in [4.78, 5) is 30.2. The molecule has 1 N–H and O–H groups in total. The van der Waals surface area contributed by atoms with Gasteiger partial charge in [-0.05, 0) is 55.9 Å². The molecule has 8 heteroatoms. The van der Waals surface area contributed by atoms with Crippen LogP contribution in [-0.2, 0) is 25.8 Å². The molecule has 0 bridgehead atoms. The fourth-order valence-electron chi connectivity index (χ4n) is 5.04. The summed E-state index contributed by atoms with van der Waals surface area (Å²) in [6, 6.07) is 16.9. The molecular formula is C30H41N3O4S. The number of rotatable bonds is 13. The smallest absolute Gasteiger partial charge is 0.227 e. The summed E-state index contributed by atoms with van der Waals surface area (Å²) in [6.07, 6.45) is 6.97. The molecule has 2 aromatic carbocycles. The number of nitrogens with one attached hydrogen (secondary N) is 1. The van der Waals surface area contributed by atoms with E-state index < -0.39 is 9.84 Å². The van der Waals surface area contributed by atoms with Crippen molar-refractivity contribution >= 4 is 21.7 Å². The minimum atomic E-state index is -3.25. The topological polar surface area (TPSA) is 86.8 Å². The number of sulfone groups is 1. The van der Waals surface area contributed by atoms with Gasteiger partial charge in [-0.25, -0.2) is 8.42 Å². The first-order valence-electron chi connectivity index (χ1n) is 13.5. The van der Waals surface area contributed by atoms with Gasteiger partial charge in [0.1, 0.15) is 0 Å². The number of carbonyl (C=O) groups excluding carboxylic acids is 2. The van der Waals surface area contributed by atoms with Crippen molar-refractivity contribution in [2.75, 3.05) is 32.4 Å². The van der Waals surface area contributed by atoms with E-state index in [0.29, 0.717) is 19.4 Å². The highest BCUT2D eigenvalue weighted by molar-refractivity contribution is 7.90. The molecular weight excluding hydrogens is 498 g/mol. The number of nitrogens with zero attached hydrogens (tertiary/aromatic N) is 2. The quantitative estimate of drug-likeness (QED) is 0.386. The van der Waals surface area contributed by atoms with Gasteiger partial charge in [-0.2, -0.15) is 0 Å². The standard InChI is InChI=1S/C30H41N3O4S/c1-4-6-12-29(34)31-28(25-10-8-7-9-11-25)19-22-32-20-17-26(18-21-32)33(5-2)30(35)23-24-13-15-27(16-14-24)38(3,36)37/h4,7-11,13-16,26,28H,1,5-6,12,17-23H2,2-3H3,(H,31,34). The highest BCUT2D eigenvalue weighted by atomic mass is 32.2. The number of likely N-dealkylation sites (N-methyl/N-ethyl adjacent to an activating group) is 1. The molecule has 38 heavy (non-hydrogen) atoms. The lowest BCUT2D eigenvalue weighted by Crippen LogP contribution is -2.48. The van der Waals surface area contributed by atoms with Crippen molar-refractivity contribution < 1.29 is 18.0 Å². The first kappa shape index (κ1) is 29.6. The highest BCUT2D eigenvalue weighted by Crippen LogP contribution is 2.22. The van der Waals surface area contributed by atoms with Gasteiger partial charge in [-0.15, -0.1) is 6.58 Å². The second-order valence-corrected chi connectivity index (χ2v) is 12.0. The number of carbonyl (C=O) groups is 2. The van der Waals surface area contributed by atoms with E-state index in [2.05, 4.69) is 28.9 Å². The molecule has 206 valence electrons. The van der Waals surface area contributed by atoms with Gasteiger partial charge < -0.3 is 15.1 Å². The molecule has 1 aliphatic heterocycles. The average Bonchev–Trinajstić information content (AvgIpc) is 2.91. The number of benzene rings is 2. The van der Waals surface area contributed by atoms with Gasteiger partial charge in [-0.3, -0.25) is 9.59 Å². The van der Waals surface area contributed by atoms with E-state index >= 15 is 0 Å². The Bertz CT molecular complexity index is 1160. The van der Waals surface area contributed by atoms with E-state index in [9.17, 15) is 18.0 Å². The van der Waals surface area contributed by atoms with E-state index in [0.717, 1.165) is 50.0 Å². The zero-order chi connectivity index (χ0) is 27.5. The summed E-state index contributed by atoms with van der Waals surface area (Å²) >= 11 is 0. The minimum Gasteiger partial charge on any atom is -0.349 e. The first-order valence-corrected chi connectivity index (χ1v) is 15.4. The molecule has 0 spiro atoms. The van der Waals surface area contributed by atoms with Crippen LogP contribution in [0.2, 0.25) is 0 Å². The van der Waals surface area contributed by atoms with E-state index in [4.69, 9.17) is 0 Å². The van der Waals surface area contributed by atoms with Crippen molar-refractivity contribution in [3.8, 4) is 0 Å². The number of hydrogen-bond acceptors (Lipinski definition) is 5. The Labute approximate surface area is 227 Å². The molecule has 2 aromatic rings. The van der Waals surface area contributed by atoms with Crippen LogP contribution in [0.25, 0.3) is 0 Å². The number of amides is 2. The average molecular weight is 540 g/mol. The van der Waals surface area contributed by atoms with Crippen molar-refractivity contribution in [3.05, 3.63) is 78.4 Å². The second-order valence-electron chi connectivity index (χ2n) is 9.99. The monoisotopic (exact) mass is 539 g/mol. The van der Waals surface area contributed by atoms with Crippen LogP contribution in [0.1, 0.15) is 56.2 Å². The Morgan fingerprint density at radius 1 is 1.11 bits per heavy atom. The predicted molar refractivity (Wildman–Crippen MR) is 151 cm³/mol. The Morgan fingerprint density at radius 2 is 1.76 bits per heavy atom. The zero-order valence-corrected chi connectivity index (χ0v) is 23.5. The van der Waals surface area contributed by atoms with Crippen LogP contribution in [-0.4, -0.2) is 68.5 Å². The van der Waals surface area contributed by atoms with E-state index in [1.54, 1.807) is 30.3 Å². The molecule has 2 amide bonds. The SMILES string of the molecule is C=CCCC(=O)NC(CCN1CCC(N(CC)C(=O)Cc2ccc(S(C)(=O)=O)cc2)CC1)c1ccccc1. The van der Waals surface area contributed by atoms with Crippen LogP contribution < -0.4 is 5.32 Å². The summed E-state index contributed by atoms with van der Waals surface area (Å²) in [5, 5.41) is 3.19. The van der Waals surface area contributed by atoms with Crippen molar-refractivity contribution in [2.45, 2.75) is 62.4 Å². The number of piperidine rings is 1. The summed E-state index contributed by atoms with van der Waals surface area (Å²) in [5.74, 6) is 0.116. The van der Waals surface area contributed by atoms with Crippen LogP contribution in [0.5, 0.6) is 0 Å². The summed E-state index contributed by atoms with van der Waals surface area (Å²) in [6.45, 7) is 9.05. The van der Waals surface area contributed by atoms with Crippen molar-refractivity contribution in [2.24, 2.45) is 0 Å². The van der Waals surface area contributed by atoms with E-state index in [-0.39, 0.29) is 35.2 Å². The molecule has 1 fully saturated rings. The van der Waals surface area contributed by atoms with Gasteiger partial charge >= 0.3 is 0 Å². The van der Waals surface area contributed by atoms with Gasteiger partial charge in [0.25, 0.3) is 0 Å². The Balaban J connectivity index is 1.52. The molecule has 1 heterocycles. The lowest BCUT2D eigenvalue weighted by molar-refractivity contribution is -0.133. The largest absolute Gasteiger partial charge is 0.349 e. The third-order valence-corrected chi connectivity index (χ3v) is 8.34. The van der Waals surface area contributed by atoms with Crippen LogP contribution in [0.3, 0.4) is 0 Å².